The SMILES string of the molecule is C=C(C(=O)OCC)S(=O)(=O)c1ccc(CC(C)C)cc1. The highest BCUT2D eigenvalue weighted by atomic mass is 32.2. The fourth-order valence-electron chi connectivity index (χ4n) is 1.74. The molecule has 0 radical (unpaired) electrons. The smallest absolute Gasteiger partial charge is 0.349 e. The van der Waals surface area contributed by atoms with E-state index in [-0.39, 0.29) is 11.5 Å². The van der Waals surface area contributed by atoms with E-state index in [1.165, 1.54) is 12.1 Å². The number of hydrogen-bond acceptors (Lipinski definition) is 4. The first kappa shape index (κ1) is 16.4. The molecule has 0 saturated carbocycles. The molecule has 0 aliphatic rings. The number of hydrogen-bond donors (Lipinski definition) is 0. The number of rotatable bonds is 6. The highest BCUT2D eigenvalue weighted by molar-refractivity contribution is 7.96. The highest BCUT2D eigenvalue weighted by Crippen LogP contribution is 2.20. The van der Waals surface area contributed by atoms with Gasteiger partial charge in [0.2, 0.25) is 9.84 Å². The van der Waals surface area contributed by atoms with Crippen LogP contribution in [0.2, 0.25) is 0 Å². The monoisotopic (exact) mass is 296 g/mol. The molecule has 110 valence electrons. The Hall–Kier alpha value is -1.62. The average molecular weight is 296 g/mol. The minimum atomic E-state index is -3.87. The second-order valence-electron chi connectivity index (χ2n) is 4.89. The normalized spacial score (nSPS) is 11.4. The van der Waals surface area contributed by atoms with Gasteiger partial charge in [-0.05, 0) is 37.0 Å². The Morgan fingerprint density at radius 2 is 1.80 bits per heavy atom. The minimum absolute atomic E-state index is 0.0584. The molecule has 0 saturated heterocycles. The molecule has 0 aliphatic carbocycles. The van der Waals surface area contributed by atoms with Crippen LogP contribution in [0.4, 0.5) is 0 Å². The molecule has 0 atom stereocenters. The number of benzene rings is 1. The Labute approximate surface area is 120 Å². The maximum atomic E-state index is 12.2. The van der Waals surface area contributed by atoms with Crippen LogP contribution in [0.15, 0.2) is 40.6 Å². The summed E-state index contributed by atoms with van der Waals surface area (Å²) < 4.78 is 29.0. The first-order valence-electron chi connectivity index (χ1n) is 6.49. The molecule has 0 N–H and O–H groups in total. The van der Waals surface area contributed by atoms with Gasteiger partial charge in [0, 0.05) is 0 Å². The Morgan fingerprint density at radius 1 is 1.25 bits per heavy atom. The van der Waals surface area contributed by atoms with Crippen molar-refractivity contribution in [3.63, 3.8) is 0 Å². The summed E-state index contributed by atoms with van der Waals surface area (Å²) in [6.07, 6.45) is 0.874. The Kier molecular flexibility index (Phi) is 5.51. The van der Waals surface area contributed by atoms with Gasteiger partial charge in [0.15, 0.2) is 0 Å². The number of sulfone groups is 1. The quantitative estimate of drug-likeness (QED) is 0.598. The maximum absolute atomic E-state index is 12.2. The largest absolute Gasteiger partial charge is 0.462 e. The summed E-state index contributed by atoms with van der Waals surface area (Å²) in [6, 6.07) is 6.51. The summed E-state index contributed by atoms with van der Waals surface area (Å²) in [5, 5.41) is 0. The Bertz CT molecular complexity index is 583. The number of esters is 1. The second-order valence-corrected chi connectivity index (χ2v) is 6.86. The van der Waals surface area contributed by atoms with E-state index in [9.17, 15) is 13.2 Å². The first-order valence-corrected chi connectivity index (χ1v) is 7.97. The lowest BCUT2D eigenvalue weighted by atomic mass is 10.0. The predicted molar refractivity (Wildman–Crippen MR) is 77.9 cm³/mol. The molecular weight excluding hydrogens is 276 g/mol. The molecule has 0 fully saturated rings. The molecule has 1 aromatic rings. The zero-order chi connectivity index (χ0) is 15.3. The molecule has 0 aromatic heterocycles. The van der Waals surface area contributed by atoms with Crippen LogP contribution in [0.1, 0.15) is 26.3 Å². The lowest BCUT2D eigenvalue weighted by Crippen LogP contribution is -2.15. The van der Waals surface area contributed by atoms with Crippen molar-refractivity contribution in [2.75, 3.05) is 6.61 Å². The van der Waals surface area contributed by atoms with E-state index in [1.54, 1.807) is 19.1 Å². The van der Waals surface area contributed by atoms with Gasteiger partial charge in [-0.3, -0.25) is 0 Å². The Morgan fingerprint density at radius 3 is 2.25 bits per heavy atom. The third-order valence-corrected chi connectivity index (χ3v) is 4.41. The molecule has 0 amide bonds. The van der Waals surface area contributed by atoms with Crippen molar-refractivity contribution in [3.05, 3.63) is 41.3 Å². The van der Waals surface area contributed by atoms with Crippen LogP contribution in [0.5, 0.6) is 0 Å². The molecule has 0 spiro atoms. The highest BCUT2D eigenvalue weighted by Gasteiger charge is 2.25. The molecule has 20 heavy (non-hydrogen) atoms. The van der Waals surface area contributed by atoms with Gasteiger partial charge in [-0.25, -0.2) is 13.2 Å². The fourth-order valence-corrected chi connectivity index (χ4v) is 2.80. The summed E-state index contributed by atoms with van der Waals surface area (Å²) in [5.74, 6) is -0.411. The van der Waals surface area contributed by atoms with Gasteiger partial charge >= 0.3 is 5.97 Å². The van der Waals surface area contributed by atoms with E-state index in [0.29, 0.717) is 5.92 Å². The molecule has 0 aliphatic heterocycles. The first-order chi connectivity index (χ1) is 9.28. The van der Waals surface area contributed by atoms with Gasteiger partial charge in [-0.15, -0.1) is 0 Å². The summed E-state index contributed by atoms with van der Waals surface area (Å²) in [6.45, 7) is 9.23. The van der Waals surface area contributed by atoms with Crippen molar-refractivity contribution in [2.45, 2.75) is 32.1 Å². The zero-order valence-electron chi connectivity index (χ0n) is 12.0. The summed E-state index contributed by atoms with van der Waals surface area (Å²) in [5.41, 5.74) is 1.06. The van der Waals surface area contributed by atoms with Crippen LogP contribution < -0.4 is 0 Å². The van der Waals surface area contributed by atoms with Crippen molar-refractivity contribution < 1.29 is 17.9 Å². The summed E-state index contributed by atoms with van der Waals surface area (Å²) >= 11 is 0. The standard InChI is InChI=1S/C15H20O4S/c1-5-19-15(16)12(4)20(17,18)14-8-6-13(7-9-14)10-11(2)3/h6-9,11H,4-5,10H2,1-3H3. The van der Waals surface area contributed by atoms with Crippen LogP contribution in [0.3, 0.4) is 0 Å². The minimum Gasteiger partial charge on any atom is -0.462 e. The summed E-state index contributed by atoms with van der Waals surface area (Å²) in [4.78, 5) is 11.0. The van der Waals surface area contributed by atoms with Gasteiger partial charge < -0.3 is 4.74 Å². The van der Waals surface area contributed by atoms with Crippen LogP contribution in [-0.4, -0.2) is 21.0 Å². The van der Waals surface area contributed by atoms with E-state index < -0.39 is 20.7 Å². The van der Waals surface area contributed by atoms with Crippen molar-refractivity contribution in [3.8, 4) is 0 Å². The average Bonchev–Trinajstić information content (AvgIpc) is 2.38. The Balaban J connectivity index is 2.98. The van der Waals surface area contributed by atoms with Gasteiger partial charge in [0.05, 0.1) is 11.5 Å². The third kappa shape index (κ3) is 3.93. The lowest BCUT2D eigenvalue weighted by Gasteiger charge is -2.09. The van der Waals surface area contributed by atoms with E-state index in [2.05, 4.69) is 25.2 Å². The number of carbonyl (C=O) groups excluding carboxylic acids is 1. The van der Waals surface area contributed by atoms with Crippen molar-refractivity contribution in [1.29, 1.82) is 0 Å². The number of ether oxygens (including phenoxy) is 1. The fraction of sp³-hybridized carbons (Fsp3) is 0.400. The van der Waals surface area contributed by atoms with E-state index in [1.807, 2.05) is 0 Å². The van der Waals surface area contributed by atoms with Crippen LogP contribution in [0.25, 0.3) is 0 Å². The van der Waals surface area contributed by atoms with Crippen LogP contribution >= 0.6 is 0 Å². The van der Waals surface area contributed by atoms with Gasteiger partial charge in [-0.2, -0.15) is 0 Å². The van der Waals surface area contributed by atoms with Crippen molar-refractivity contribution >= 4 is 15.8 Å². The van der Waals surface area contributed by atoms with E-state index >= 15 is 0 Å². The third-order valence-electron chi connectivity index (χ3n) is 2.71. The van der Waals surface area contributed by atoms with E-state index in [0.717, 1.165) is 12.0 Å². The van der Waals surface area contributed by atoms with Gasteiger partial charge in [0.25, 0.3) is 0 Å². The molecule has 5 heteroatoms. The van der Waals surface area contributed by atoms with Gasteiger partial charge in [0.1, 0.15) is 4.91 Å². The van der Waals surface area contributed by atoms with Crippen LogP contribution in [-0.2, 0) is 25.8 Å². The molecular formula is C15H20O4S. The second kappa shape index (κ2) is 6.70. The van der Waals surface area contributed by atoms with E-state index in [4.69, 9.17) is 0 Å². The molecule has 0 heterocycles. The van der Waals surface area contributed by atoms with Crippen molar-refractivity contribution in [1.82, 2.24) is 0 Å². The number of carbonyl (C=O) groups is 1. The zero-order valence-corrected chi connectivity index (χ0v) is 12.9. The maximum Gasteiger partial charge on any atom is 0.349 e. The molecule has 0 bridgehead atoms. The van der Waals surface area contributed by atoms with Crippen molar-refractivity contribution in [2.24, 2.45) is 5.92 Å². The topological polar surface area (TPSA) is 60.4 Å². The summed E-state index contributed by atoms with van der Waals surface area (Å²) in [7, 11) is -3.87. The predicted octanol–water partition coefficient (Wildman–Crippen LogP) is 2.74. The molecule has 1 aromatic carbocycles. The lowest BCUT2D eigenvalue weighted by molar-refractivity contribution is -0.137. The molecule has 0 unspecified atom stereocenters. The van der Waals surface area contributed by atoms with Crippen LogP contribution in [0, 0.1) is 5.92 Å². The van der Waals surface area contributed by atoms with Gasteiger partial charge in [-0.1, -0.05) is 32.6 Å². The molecule has 1 rings (SSSR count). The molecule has 4 nitrogen and oxygen atoms in total.